The monoisotopic (exact) mass is 565 g/mol. The van der Waals surface area contributed by atoms with Gasteiger partial charge in [-0.25, -0.2) is 0 Å². The standard InChI is InChI=1S/C31H36ClN3O5/c1-40-17-22-4-3-15-34(22)29(36)21-13-14-24-26(16-21)35(33-28(24)19-9-11-20(12-10-19)31(38)39)30(37)27-23(18-7-8-18)5-2-6-25(27)32/h2,5-6,9,18,20-22H,3-4,7-8,10-17H2,1H3,(H,38,39)/t20?,21?,22-/m0/s1. The van der Waals surface area contributed by atoms with Crippen molar-refractivity contribution in [2.45, 2.75) is 76.2 Å². The number of methoxy groups -OCH3 is 1. The van der Waals surface area contributed by atoms with Gasteiger partial charge in [0.15, 0.2) is 0 Å². The number of fused-ring (bicyclic) bond motifs is 1. The number of likely N-dealkylation sites (tertiary alicyclic amines) is 1. The number of carboxylic acids is 1. The lowest BCUT2D eigenvalue weighted by atomic mass is 9.82. The summed E-state index contributed by atoms with van der Waals surface area (Å²) in [6.07, 6.45) is 9.35. The van der Waals surface area contributed by atoms with Crippen molar-refractivity contribution in [2.24, 2.45) is 11.8 Å². The molecule has 9 heteroatoms. The molecule has 3 aliphatic carbocycles. The van der Waals surface area contributed by atoms with Crippen LogP contribution in [0.2, 0.25) is 5.02 Å². The molecule has 0 bridgehead atoms. The van der Waals surface area contributed by atoms with E-state index < -0.39 is 11.9 Å². The first-order chi connectivity index (χ1) is 19.4. The second-order valence-corrected chi connectivity index (χ2v) is 12.1. The lowest BCUT2D eigenvalue weighted by Gasteiger charge is -2.31. The molecule has 1 saturated heterocycles. The Morgan fingerprint density at radius 3 is 2.60 bits per heavy atom. The molecule has 1 aliphatic heterocycles. The maximum atomic E-state index is 14.2. The van der Waals surface area contributed by atoms with Gasteiger partial charge in [0, 0.05) is 31.6 Å². The molecule has 2 fully saturated rings. The summed E-state index contributed by atoms with van der Waals surface area (Å²) in [5.74, 6) is -1.19. The van der Waals surface area contributed by atoms with Crippen LogP contribution in [0, 0.1) is 11.8 Å². The normalized spacial score (nSPS) is 24.5. The number of carbonyl (C=O) groups excluding carboxylic acids is 2. The summed E-state index contributed by atoms with van der Waals surface area (Å²) in [4.78, 5) is 41.4. The summed E-state index contributed by atoms with van der Waals surface area (Å²) < 4.78 is 6.89. The molecule has 1 aromatic carbocycles. The third-order valence-electron chi connectivity index (χ3n) is 9.17. The molecule has 8 nitrogen and oxygen atoms in total. The Labute approximate surface area is 239 Å². The zero-order chi connectivity index (χ0) is 28.0. The van der Waals surface area contributed by atoms with E-state index in [1.807, 2.05) is 23.1 Å². The van der Waals surface area contributed by atoms with E-state index in [0.29, 0.717) is 61.6 Å². The van der Waals surface area contributed by atoms with Crippen molar-refractivity contribution in [1.29, 1.82) is 0 Å². The Morgan fingerprint density at radius 2 is 1.90 bits per heavy atom. The maximum absolute atomic E-state index is 14.2. The van der Waals surface area contributed by atoms with Crippen LogP contribution >= 0.6 is 11.6 Å². The SMILES string of the molecule is COC[C@@H]1CCCN1C(=O)C1CCc2c(C3=CCC(C(=O)O)CC3)nn(C(=O)c3c(Cl)cccc3C3CC3)c2C1. The van der Waals surface area contributed by atoms with Gasteiger partial charge in [-0.05, 0) is 80.9 Å². The summed E-state index contributed by atoms with van der Waals surface area (Å²) in [6, 6.07) is 5.73. The molecule has 1 N–H and O–H groups in total. The van der Waals surface area contributed by atoms with Crippen LogP contribution in [0.25, 0.3) is 5.57 Å². The van der Waals surface area contributed by atoms with Crippen molar-refractivity contribution in [3.63, 3.8) is 0 Å². The lowest BCUT2D eigenvalue weighted by molar-refractivity contribution is -0.142. The Morgan fingerprint density at radius 1 is 1.10 bits per heavy atom. The van der Waals surface area contributed by atoms with Gasteiger partial charge in [0.05, 0.1) is 40.5 Å². The van der Waals surface area contributed by atoms with Crippen molar-refractivity contribution in [1.82, 2.24) is 14.7 Å². The lowest BCUT2D eigenvalue weighted by Crippen LogP contribution is -2.43. The Bertz CT molecular complexity index is 1380. The number of benzene rings is 1. The van der Waals surface area contributed by atoms with Gasteiger partial charge in [-0.15, -0.1) is 0 Å². The molecular weight excluding hydrogens is 530 g/mol. The fraction of sp³-hybridized carbons (Fsp3) is 0.548. The second kappa shape index (κ2) is 11.1. The van der Waals surface area contributed by atoms with E-state index in [1.54, 1.807) is 13.2 Å². The summed E-state index contributed by atoms with van der Waals surface area (Å²) in [5, 5.41) is 14.8. The number of halogens is 1. The Hall–Kier alpha value is -2.97. The third kappa shape index (κ3) is 5.00. The van der Waals surface area contributed by atoms with Crippen LogP contribution in [0.5, 0.6) is 0 Å². The molecule has 1 saturated carbocycles. The van der Waals surface area contributed by atoms with Crippen LogP contribution < -0.4 is 0 Å². The molecule has 1 aromatic heterocycles. The quantitative estimate of drug-likeness (QED) is 0.500. The molecule has 4 aliphatic rings. The van der Waals surface area contributed by atoms with Crippen LogP contribution in [0.1, 0.15) is 90.2 Å². The number of aromatic nitrogens is 2. The van der Waals surface area contributed by atoms with Gasteiger partial charge in [0.1, 0.15) is 0 Å². The van der Waals surface area contributed by atoms with Crippen molar-refractivity contribution in [2.75, 3.05) is 20.3 Å². The number of ether oxygens (including phenoxy) is 1. The van der Waals surface area contributed by atoms with E-state index in [-0.39, 0.29) is 23.8 Å². The first-order valence-corrected chi connectivity index (χ1v) is 14.9. The van der Waals surface area contributed by atoms with E-state index in [1.165, 1.54) is 4.68 Å². The van der Waals surface area contributed by atoms with Gasteiger partial charge >= 0.3 is 5.97 Å². The molecule has 3 atom stereocenters. The van der Waals surface area contributed by atoms with Gasteiger partial charge in [-0.2, -0.15) is 9.78 Å². The van der Waals surface area contributed by atoms with Gasteiger partial charge < -0.3 is 14.7 Å². The zero-order valence-corrected chi connectivity index (χ0v) is 23.7. The highest BCUT2D eigenvalue weighted by molar-refractivity contribution is 6.34. The minimum Gasteiger partial charge on any atom is -0.481 e. The van der Waals surface area contributed by atoms with Gasteiger partial charge in [0.2, 0.25) is 5.91 Å². The topological polar surface area (TPSA) is 102 Å². The molecule has 6 rings (SSSR count). The summed E-state index contributed by atoms with van der Waals surface area (Å²) in [6.45, 7) is 1.27. The minimum absolute atomic E-state index is 0.0970. The second-order valence-electron chi connectivity index (χ2n) is 11.7. The van der Waals surface area contributed by atoms with Crippen molar-refractivity contribution < 1.29 is 24.2 Å². The van der Waals surface area contributed by atoms with Crippen molar-refractivity contribution in [3.8, 4) is 0 Å². The van der Waals surface area contributed by atoms with Crippen molar-refractivity contribution in [3.05, 3.63) is 57.4 Å². The maximum Gasteiger partial charge on any atom is 0.306 e. The first kappa shape index (κ1) is 27.2. The Kier molecular flexibility index (Phi) is 7.57. The summed E-state index contributed by atoms with van der Waals surface area (Å²) >= 11 is 6.64. The average Bonchev–Trinajstić information content (AvgIpc) is 3.59. The van der Waals surface area contributed by atoms with E-state index in [4.69, 9.17) is 21.4 Å². The van der Waals surface area contributed by atoms with Gasteiger partial charge in [-0.1, -0.05) is 29.8 Å². The van der Waals surface area contributed by atoms with Crippen LogP contribution in [0.3, 0.4) is 0 Å². The third-order valence-corrected chi connectivity index (χ3v) is 9.49. The molecule has 2 heterocycles. The van der Waals surface area contributed by atoms with E-state index in [0.717, 1.165) is 60.3 Å². The van der Waals surface area contributed by atoms with Crippen LogP contribution in [-0.4, -0.2) is 63.9 Å². The number of rotatable bonds is 7. The predicted molar refractivity (Wildman–Crippen MR) is 150 cm³/mol. The number of aliphatic carboxylic acids is 1. The van der Waals surface area contributed by atoms with E-state index in [9.17, 15) is 19.5 Å². The molecule has 40 heavy (non-hydrogen) atoms. The van der Waals surface area contributed by atoms with Crippen LogP contribution in [0.4, 0.5) is 0 Å². The van der Waals surface area contributed by atoms with E-state index >= 15 is 0 Å². The molecule has 212 valence electrons. The van der Waals surface area contributed by atoms with Gasteiger partial charge in [0.25, 0.3) is 5.91 Å². The first-order valence-electron chi connectivity index (χ1n) is 14.5. The number of nitrogens with zero attached hydrogens (tertiary/aromatic N) is 3. The van der Waals surface area contributed by atoms with Crippen molar-refractivity contribution >= 4 is 35.0 Å². The highest BCUT2D eigenvalue weighted by Gasteiger charge is 2.39. The number of hydrogen-bond donors (Lipinski definition) is 1. The number of amides is 1. The molecule has 2 aromatic rings. The molecule has 2 unspecified atom stereocenters. The predicted octanol–water partition coefficient (Wildman–Crippen LogP) is 5.11. The molecule has 0 radical (unpaired) electrons. The number of allylic oxidation sites excluding steroid dienone is 2. The van der Waals surface area contributed by atoms with Gasteiger partial charge in [-0.3, -0.25) is 14.4 Å². The number of carbonyl (C=O) groups is 3. The fourth-order valence-corrected chi connectivity index (χ4v) is 7.12. The zero-order valence-electron chi connectivity index (χ0n) is 22.9. The largest absolute Gasteiger partial charge is 0.481 e. The molecule has 0 spiro atoms. The van der Waals surface area contributed by atoms with E-state index in [2.05, 4.69) is 0 Å². The number of carboxylic acid groups (broad SMARTS) is 1. The fourth-order valence-electron chi connectivity index (χ4n) is 6.85. The smallest absolute Gasteiger partial charge is 0.306 e. The minimum atomic E-state index is -0.778. The van der Waals surface area contributed by atoms with Crippen LogP contribution in [0.15, 0.2) is 24.3 Å². The Balaban J connectivity index is 1.37. The van der Waals surface area contributed by atoms with Crippen LogP contribution in [-0.2, 0) is 27.2 Å². The molecule has 1 amide bonds. The summed E-state index contributed by atoms with van der Waals surface area (Å²) in [7, 11) is 1.67. The average molecular weight is 566 g/mol. The highest BCUT2D eigenvalue weighted by atomic mass is 35.5. The summed E-state index contributed by atoms with van der Waals surface area (Å²) in [5.41, 5.74) is 5.03. The molecular formula is C31H36ClN3O5. The number of hydrogen-bond acceptors (Lipinski definition) is 5. The highest BCUT2D eigenvalue weighted by Crippen LogP contribution is 2.44.